The smallest absolute Gasteiger partial charge is 0.252 e. The van der Waals surface area contributed by atoms with Crippen LogP contribution in [0.15, 0.2) is 42.6 Å². The van der Waals surface area contributed by atoms with Crippen LogP contribution in [0, 0.1) is 0 Å². The lowest BCUT2D eigenvalue weighted by Crippen LogP contribution is -2.25. The van der Waals surface area contributed by atoms with Gasteiger partial charge >= 0.3 is 0 Å². The van der Waals surface area contributed by atoms with Gasteiger partial charge in [0.15, 0.2) is 0 Å². The molecule has 0 saturated carbocycles. The van der Waals surface area contributed by atoms with Gasteiger partial charge in [0.05, 0.1) is 12.2 Å². The number of carbonyl (C=O) groups excluding carboxylic acids is 1. The highest BCUT2D eigenvalue weighted by Gasteiger charge is 2.05. The van der Waals surface area contributed by atoms with Crippen molar-refractivity contribution < 1.29 is 9.53 Å². The number of unbranched alkanes of at least 4 members (excludes halogenated alkanes) is 1. The zero-order valence-electron chi connectivity index (χ0n) is 13.9. The second-order valence-electron chi connectivity index (χ2n) is 5.39. The number of nitrogen functional groups attached to an aromatic ring is 1. The molecule has 0 radical (unpaired) electrons. The zero-order valence-corrected chi connectivity index (χ0v) is 13.9. The summed E-state index contributed by atoms with van der Waals surface area (Å²) in [7, 11) is 0. The van der Waals surface area contributed by atoms with E-state index in [-0.39, 0.29) is 5.91 Å². The number of ether oxygens (including phenoxy) is 1. The molecule has 0 spiro atoms. The van der Waals surface area contributed by atoms with E-state index in [1.54, 1.807) is 12.1 Å². The second-order valence-corrected chi connectivity index (χ2v) is 5.39. The van der Waals surface area contributed by atoms with E-state index in [1.165, 1.54) is 11.8 Å². The predicted molar refractivity (Wildman–Crippen MR) is 94.9 cm³/mol. The van der Waals surface area contributed by atoms with Crippen LogP contribution in [0.25, 0.3) is 0 Å². The number of rotatable bonds is 9. The number of benzene rings is 1. The monoisotopic (exact) mass is 328 g/mol. The van der Waals surface area contributed by atoms with Crippen molar-refractivity contribution in [2.45, 2.75) is 26.2 Å². The summed E-state index contributed by atoms with van der Waals surface area (Å²) in [5.41, 5.74) is 4.24. The van der Waals surface area contributed by atoms with Crippen molar-refractivity contribution in [3.63, 3.8) is 0 Å². The molecule has 1 amide bonds. The molecule has 6 nitrogen and oxygen atoms in total. The van der Waals surface area contributed by atoms with Crippen molar-refractivity contribution in [2.75, 3.05) is 18.6 Å². The topological polar surface area (TPSA) is 89.3 Å². The maximum Gasteiger partial charge on any atom is 0.252 e. The highest BCUT2D eigenvalue weighted by molar-refractivity contribution is 5.93. The number of aromatic nitrogens is 1. The predicted octanol–water partition coefficient (Wildman–Crippen LogP) is 2.52. The zero-order chi connectivity index (χ0) is 17.2. The van der Waals surface area contributed by atoms with Gasteiger partial charge in [-0.3, -0.25) is 4.79 Å². The van der Waals surface area contributed by atoms with Crippen LogP contribution in [0.4, 0.5) is 5.82 Å². The number of amides is 1. The summed E-state index contributed by atoms with van der Waals surface area (Å²) in [6.45, 7) is 3.37. The molecule has 2 aromatic rings. The van der Waals surface area contributed by atoms with E-state index in [9.17, 15) is 4.79 Å². The first kappa shape index (κ1) is 17.7. The molecule has 1 aromatic heterocycles. The Balaban J connectivity index is 1.60. The average Bonchev–Trinajstić information content (AvgIpc) is 2.65. The molecular weight excluding hydrogens is 304 g/mol. The molecular formula is C18H24N4O2. The molecule has 0 bridgehead atoms. The molecule has 128 valence electrons. The molecule has 0 aliphatic heterocycles. The van der Waals surface area contributed by atoms with E-state index < -0.39 is 0 Å². The van der Waals surface area contributed by atoms with Gasteiger partial charge in [-0.05, 0) is 49.1 Å². The van der Waals surface area contributed by atoms with E-state index in [1.807, 2.05) is 12.1 Å². The minimum atomic E-state index is -0.137. The van der Waals surface area contributed by atoms with Gasteiger partial charge in [-0.25, -0.2) is 10.8 Å². The summed E-state index contributed by atoms with van der Waals surface area (Å²) >= 11 is 0. The van der Waals surface area contributed by atoms with Crippen molar-refractivity contribution in [3.8, 4) is 5.75 Å². The Hall–Kier alpha value is -2.60. The molecule has 1 aromatic carbocycles. The molecule has 1 heterocycles. The maximum atomic E-state index is 11.9. The number of carbonyl (C=O) groups is 1. The molecule has 0 aliphatic carbocycles. The Labute approximate surface area is 142 Å². The van der Waals surface area contributed by atoms with E-state index in [2.05, 4.69) is 34.8 Å². The van der Waals surface area contributed by atoms with Gasteiger partial charge in [-0.2, -0.15) is 0 Å². The summed E-state index contributed by atoms with van der Waals surface area (Å²) in [5.74, 6) is 6.51. The molecule has 0 unspecified atom stereocenters. The molecule has 0 atom stereocenters. The number of hydrazine groups is 1. The lowest BCUT2D eigenvalue weighted by Gasteiger charge is -2.08. The van der Waals surface area contributed by atoms with Gasteiger partial charge in [0, 0.05) is 12.7 Å². The van der Waals surface area contributed by atoms with Crippen molar-refractivity contribution in [3.05, 3.63) is 53.7 Å². The van der Waals surface area contributed by atoms with Gasteiger partial charge in [-0.1, -0.05) is 19.1 Å². The summed E-state index contributed by atoms with van der Waals surface area (Å²) in [6.07, 6.45) is 4.26. The van der Waals surface area contributed by atoms with Gasteiger partial charge in [0.2, 0.25) is 0 Å². The third kappa shape index (κ3) is 5.55. The fourth-order valence-electron chi connectivity index (χ4n) is 2.16. The van der Waals surface area contributed by atoms with Crippen LogP contribution in [0.5, 0.6) is 5.75 Å². The van der Waals surface area contributed by atoms with Crippen molar-refractivity contribution in [2.24, 2.45) is 5.84 Å². The molecule has 4 N–H and O–H groups in total. The van der Waals surface area contributed by atoms with Crippen LogP contribution in [0.2, 0.25) is 0 Å². The number of pyridine rings is 1. The lowest BCUT2D eigenvalue weighted by atomic mass is 10.2. The fraction of sp³-hybridized carbons (Fsp3) is 0.333. The van der Waals surface area contributed by atoms with Crippen LogP contribution in [-0.4, -0.2) is 24.0 Å². The van der Waals surface area contributed by atoms with Crippen molar-refractivity contribution in [1.82, 2.24) is 10.3 Å². The highest BCUT2D eigenvalue weighted by atomic mass is 16.5. The SMILES string of the molecule is CCc1ccc(OCCCCNC(=O)c2ccc(NN)nc2)cc1. The maximum absolute atomic E-state index is 11.9. The first-order chi connectivity index (χ1) is 11.7. The summed E-state index contributed by atoms with van der Waals surface area (Å²) in [6, 6.07) is 11.5. The number of nitrogens with zero attached hydrogens (tertiary/aromatic N) is 1. The summed E-state index contributed by atoms with van der Waals surface area (Å²) in [4.78, 5) is 15.9. The molecule has 0 aliphatic rings. The summed E-state index contributed by atoms with van der Waals surface area (Å²) < 4.78 is 5.68. The third-order valence-corrected chi connectivity index (χ3v) is 3.63. The molecule has 2 rings (SSSR count). The van der Waals surface area contributed by atoms with E-state index in [0.717, 1.165) is 25.0 Å². The van der Waals surface area contributed by atoms with Crippen LogP contribution in [0.3, 0.4) is 0 Å². The molecule has 24 heavy (non-hydrogen) atoms. The number of hydrogen-bond acceptors (Lipinski definition) is 5. The van der Waals surface area contributed by atoms with Crippen molar-refractivity contribution in [1.29, 1.82) is 0 Å². The standard InChI is InChI=1S/C18H24N4O2/c1-2-14-5-8-16(9-6-14)24-12-4-3-11-20-18(23)15-7-10-17(22-19)21-13-15/h5-10,13H,2-4,11-12,19H2,1H3,(H,20,23)(H,21,22). The van der Waals surface area contributed by atoms with Gasteiger partial charge in [0.25, 0.3) is 5.91 Å². The van der Waals surface area contributed by atoms with Crippen molar-refractivity contribution >= 4 is 11.7 Å². The Bertz CT molecular complexity index is 626. The molecule has 6 heteroatoms. The highest BCUT2D eigenvalue weighted by Crippen LogP contribution is 2.12. The van der Waals surface area contributed by atoms with Crippen LogP contribution in [0.1, 0.15) is 35.7 Å². The lowest BCUT2D eigenvalue weighted by molar-refractivity contribution is 0.0952. The van der Waals surface area contributed by atoms with Gasteiger partial charge in [0.1, 0.15) is 11.6 Å². The van der Waals surface area contributed by atoms with Gasteiger partial charge < -0.3 is 15.5 Å². The molecule has 0 fully saturated rings. The number of anilines is 1. The minimum Gasteiger partial charge on any atom is -0.494 e. The van der Waals surface area contributed by atoms with Crippen LogP contribution < -0.4 is 21.3 Å². The number of nitrogens with one attached hydrogen (secondary N) is 2. The number of nitrogens with two attached hydrogens (primary N) is 1. The minimum absolute atomic E-state index is 0.137. The normalized spacial score (nSPS) is 10.2. The Morgan fingerprint density at radius 2 is 1.96 bits per heavy atom. The first-order valence-electron chi connectivity index (χ1n) is 8.15. The van der Waals surface area contributed by atoms with Crippen LogP contribution >= 0.6 is 0 Å². The Kier molecular flexibility index (Phi) is 7.04. The van der Waals surface area contributed by atoms with E-state index in [0.29, 0.717) is 24.5 Å². The Morgan fingerprint density at radius 1 is 1.17 bits per heavy atom. The van der Waals surface area contributed by atoms with Gasteiger partial charge in [-0.15, -0.1) is 0 Å². The number of aryl methyl sites for hydroxylation is 1. The third-order valence-electron chi connectivity index (χ3n) is 3.63. The first-order valence-corrected chi connectivity index (χ1v) is 8.15. The van der Waals surface area contributed by atoms with E-state index in [4.69, 9.17) is 10.6 Å². The van der Waals surface area contributed by atoms with Crippen LogP contribution in [-0.2, 0) is 6.42 Å². The average molecular weight is 328 g/mol. The van der Waals surface area contributed by atoms with E-state index >= 15 is 0 Å². The largest absolute Gasteiger partial charge is 0.494 e. The second kappa shape index (κ2) is 9.52. The number of hydrogen-bond donors (Lipinski definition) is 3. The summed E-state index contributed by atoms with van der Waals surface area (Å²) in [5, 5.41) is 2.86. The Morgan fingerprint density at radius 3 is 2.58 bits per heavy atom. The fourth-order valence-corrected chi connectivity index (χ4v) is 2.16. The quantitative estimate of drug-likeness (QED) is 0.374. The molecule has 0 saturated heterocycles.